The molecule has 1 unspecified atom stereocenters. The maximum atomic E-state index is 10.6. The highest BCUT2D eigenvalue weighted by Crippen LogP contribution is 2.19. The lowest BCUT2D eigenvalue weighted by atomic mass is 10.4. The van der Waals surface area contributed by atoms with Crippen LogP contribution in [-0.2, 0) is 20.2 Å². The van der Waals surface area contributed by atoms with E-state index in [1.165, 1.54) is 0 Å². The van der Waals surface area contributed by atoms with Crippen molar-refractivity contribution in [2.75, 3.05) is 5.75 Å². The standard InChI is InChI=1S/C4H10O6S4/c5-13(6,7)4(14(8,9)10)3(12)1-2-11/h3-4,11-12H,1-2H2,(H,5,6,7)(H,8,9,10). The fraction of sp³-hybridized carbons (Fsp3) is 1.00. The predicted octanol–water partition coefficient (Wildman–Crippen LogP) is -0.294. The third kappa shape index (κ3) is 4.36. The van der Waals surface area contributed by atoms with Crippen molar-refractivity contribution < 1.29 is 25.9 Å². The van der Waals surface area contributed by atoms with E-state index in [0.29, 0.717) is 0 Å². The van der Waals surface area contributed by atoms with Gasteiger partial charge in [0.15, 0.2) is 0 Å². The van der Waals surface area contributed by atoms with Crippen molar-refractivity contribution in [1.82, 2.24) is 0 Å². The number of hydrogen-bond donors (Lipinski definition) is 4. The van der Waals surface area contributed by atoms with Gasteiger partial charge in [-0.3, -0.25) is 9.11 Å². The summed E-state index contributed by atoms with van der Waals surface area (Å²) < 4.78 is 57.4. The molecule has 0 amide bonds. The second kappa shape index (κ2) is 5.03. The Bertz CT molecular complexity index is 337. The third-order valence-electron chi connectivity index (χ3n) is 1.33. The van der Waals surface area contributed by atoms with Gasteiger partial charge >= 0.3 is 0 Å². The maximum absolute atomic E-state index is 10.6. The molecular weight excluding hydrogens is 272 g/mol. The van der Waals surface area contributed by atoms with Gasteiger partial charge in [0.05, 0.1) is 0 Å². The first-order chi connectivity index (χ1) is 6.10. The summed E-state index contributed by atoms with van der Waals surface area (Å²) in [6.07, 6.45) is 0.0104. The van der Waals surface area contributed by atoms with E-state index in [1.54, 1.807) is 0 Å². The molecular formula is C4H10O6S4. The zero-order chi connectivity index (χ0) is 11.6. The van der Waals surface area contributed by atoms with Crippen LogP contribution in [0.15, 0.2) is 0 Å². The Morgan fingerprint density at radius 3 is 1.64 bits per heavy atom. The fourth-order valence-electron chi connectivity index (χ4n) is 0.819. The summed E-state index contributed by atoms with van der Waals surface area (Å²) in [5, 5.41) is -1.22. The summed E-state index contributed by atoms with van der Waals surface area (Å²) in [7, 11) is -9.78. The molecule has 10 heteroatoms. The summed E-state index contributed by atoms with van der Waals surface area (Å²) in [5.74, 6) is 0.176. The Morgan fingerprint density at radius 2 is 1.43 bits per heavy atom. The highest BCUT2D eigenvalue weighted by atomic mass is 32.3. The zero-order valence-electron chi connectivity index (χ0n) is 6.81. The van der Waals surface area contributed by atoms with E-state index in [-0.39, 0.29) is 12.2 Å². The maximum Gasteiger partial charge on any atom is 0.285 e. The number of thiol groups is 2. The van der Waals surface area contributed by atoms with Gasteiger partial charge in [0.2, 0.25) is 4.58 Å². The van der Waals surface area contributed by atoms with Crippen LogP contribution in [0.4, 0.5) is 0 Å². The van der Waals surface area contributed by atoms with Gasteiger partial charge in [-0.1, -0.05) is 0 Å². The van der Waals surface area contributed by atoms with Crippen molar-refractivity contribution >= 4 is 45.5 Å². The van der Waals surface area contributed by atoms with Crippen molar-refractivity contribution in [2.45, 2.75) is 16.3 Å². The topological polar surface area (TPSA) is 109 Å². The fourth-order valence-corrected chi connectivity index (χ4v) is 4.65. The van der Waals surface area contributed by atoms with Crippen LogP contribution in [0.25, 0.3) is 0 Å². The van der Waals surface area contributed by atoms with Crippen LogP contribution < -0.4 is 0 Å². The first kappa shape index (κ1) is 14.5. The van der Waals surface area contributed by atoms with Gasteiger partial charge in [0, 0.05) is 5.25 Å². The zero-order valence-corrected chi connectivity index (χ0v) is 10.2. The molecule has 0 bridgehead atoms. The largest absolute Gasteiger partial charge is 0.285 e. The molecule has 0 aliphatic heterocycles. The van der Waals surface area contributed by atoms with E-state index < -0.39 is 30.1 Å². The molecule has 86 valence electrons. The Hall–Kier alpha value is 0.520. The molecule has 0 rings (SSSR count). The van der Waals surface area contributed by atoms with Crippen molar-refractivity contribution in [2.24, 2.45) is 0 Å². The Morgan fingerprint density at radius 1 is 1.07 bits per heavy atom. The normalized spacial score (nSPS) is 15.8. The molecule has 0 heterocycles. The predicted molar refractivity (Wildman–Crippen MR) is 58.1 cm³/mol. The summed E-state index contributed by atoms with van der Waals surface area (Å²) in [6.45, 7) is 0. The minimum absolute atomic E-state index is 0.0104. The lowest BCUT2D eigenvalue weighted by Crippen LogP contribution is -2.38. The van der Waals surface area contributed by atoms with Gasteiger partial charge in [-0.15, -0.1) is 0 Å². The SMILES string of the molecule is O=S(=O)(O)C(C(S)CCS)S(=O)(=O)O. The van der Waals surface area contributed by atoms with Gasteiger partial charge in [-0.05, 0) is 12.2 Å². The van der Waals surface area contributed by atoms with Gasteiger partial charge in [0.1, 0.15) is 0 Å². The average Bonchev–Trinajstić information content (AvgIpc) is 1.78. The highest BCUT2D eigenvalue weighted by Gasteiger charge is 2.40. The van der Waals surface area contributed by atoms with Crippen LogP contribution in [0.2, 0.25) is 0 Å². The molecule has 0 aliphatic carbocycles. The van der Waals surface area contributed by atoms with Crippen molar-refractivity contribution in [3.8, 4) is 0 Å². The van der Waals surface area contributed by atoms with E-state index in [2.05, 4.69) is 25.3 Å². The van der Waals surface area contributed by atoms with Gasteiger partial charge in [0.25, 0.3) is 20.2 Å². The van der Waals surface area contributed by atoms with Gasteiger partial charge in [-0.2, -0.15) is 42.1 Å². The molecule has 0 spiro atoms. The minimum atomic E-state index is -4.89. The van der Waals surface area contributed by atoms with Crippen LogP contribution >= 0.6 is 25.3 Å². The van der Waals surface area contributed by atoms with E-state index in [1.807, 2.05) is 0 Å². The second-order valence-corrected chi connectivity index (χ2v) is 6.96. The van der Waals surface area contributed by atoms with E-state index >= 15 is 0 Å². The number of hydrogen-bond acceptors (Lipinski definition) is 6. The smallest absolute Gasteiger partial charge is 0.284 e. The first-order valence-electron chi connectivity index (χ1n) is 3.32. The van der Waals surface area contributed by atoms with Crippen LogP contribution in [-0.4, -0.2) is 41.5 Å². The Balaban J connectivity index is 5.15. The molecule has 0 aliphatic rings. The van der Waals surface area contributed by atoms with Crippen molar-refractivity contribution in [3.05, 3.63) is 0 Å². The lowest BCUT2D eigenvalue weighted by molar-refractivity contribution is 0.452. The molecule has 0 saturated carbocycles. The second-order valence-electron chi connectivity index (χ2n) is 2.48. The van der Waals surface area contributed by atoms with Crippen LogP contribution in [0.3, 0.4) is 0 Å². The van der Waals surface area contributed by atoms with Gasteiger partial charge in [-0.25, -0.2) is 0 Å². The van der Waals surface area contributed by atoms with Crippen molar-refractivity contribution in [3.63, 3.8) is 0 Å². The quantitative estimate of drug-likeness (QED) is 0.407. The molecule has 0 fully saturated rings. The molecule has 6 nitrogen and oxygen atoms in total. The van der Waals surface area contributed by atoms with Gasteiger partial charge < -0.3 is 0 Å². The third-order valence-corrected chi connectivity index (χ3v) is 5.83. The molecule has 0 aromatic heterocycles. The summed E-state index contributed by atoms with van der Waals surface area (Å²) in [4.78, 5) is 0. The van der Waals surface area contributed by atoms with Crippen molar-refractivity contribution in [1.29, 1.82) is 0 Å². The first-order valence-corrected chi connectivity index (χ1v) is 7.47. The molecule has 0 aromatic rings. The molecule has 2 N–H and O–H groups in total. The van der Waals surface area contributed by atoms with Crippen LogP contribution in [0.5, 0.6) is 0 Å². The Kier molecular flexibility index (Phi) is 5.22. The minimum Gasteiger partial charge on any atom is -0.284 e. The average molecular weight is 282 g/mol. The summed E-state index contributed by atoms with van der Waals surface area (Å²) in [5.41, 5.74) is 0. The van der Waals surface area contributed by atoms with Crippen LogP contribution in [0, 0.1) is 0 Å². The monoisotopic (exact) mass is 282 g/mol. The van der Waals surface area contributed by atoms with E-state index in [4.69, 9.17) is 9.11 Å². The molecule has 0 radical (unpaired) electrons. The summed E-state index contributed by atoms with van der Waals surface area (Å²) >= 11 is 7.41. The van der Waals surface area contributed by atoms with E-state index in [9.17, 15) is 16.8 Å². The number of rotatable bonds is 5. The molecule has 1 atom stereocenters. The highest BCUT2D eigenvalue weighted by molar-refractivity contribution is 8.05. The molecule has 0 aromatic carbocycles. The van der Waals surface area contributed by atoms with Crippen LogP contribution in [0.1, 0.15) is 6.42 Å². The Labute approximate surface area is 93.4 Å². The molecule has 0 saturated heterocycles. The van der Waals surface area contributed by atoms with E-state index in [0.717, 1.165) is 0 Å². The molecule has 14 heavy (non-hydrogen) atoms. The lowest BCUT2D eigenvalue weighted by Gasteiger charge is -2.16. The summed E-state index contributed by atoms with van der Waals surface area (Å²) in [6, 6.07) is 0.